The number of carboxylic acids is 1. The van der Waals surface area contributed by atoms with Crippen LogP contribution >= 0.6 is 0 Å². The molecule has 0 bridgehead atoms. The number of benzene rings is 1. The number of rotatable bonds is 3. The molecule has 2 N–H and O–H groups in total. The van der Waals surface area contributed by atoms with E-state index in [9.17, 15) is 9.70 Å². The third kappa shape index (κ3) is 2.53. The van der Waals surface area contributed by atoms with Crippen molar-refractivity contribution in [3.8, 4) is 6.07 Å². The highest BCUT2D eigenvalue weighted by molar-refractivity contribution is 5.97. The van der Waals surface area contributed by atoms with Gasteiger partial charge in [-0.25, -0.2) is 9.78 Å². The first-order valence-corrected chi connectivity index (χ1v) is 6.70. The summed E-state index contributed by atoms with van der Waals surface area (Å²) >= 11 is 0. The Morgan fingerprint density at radius 3 is 2.91 bits per heavy atom. The SMILES string of the molecule is N#Cc1cc(C2=CCC=C(C(=O)O)C(N=O)=C2)c2nc[nH]c2c1. The molecule has 0 saturated heterocycles. The number of nitrogens with zero attached hydrogens (tertiary/aromatic N) is 3. The summed E-state index contributed by atoms with van der Waals surface area (Å²) in [7, 11) is 0. The average molecular weight is 306 g/mol. The molecule has 1 aliphatic rings. The standard InChI is InChI=1S/C16H10N4O3/c17-7-9-4-12(15-14(5-9)18-8-19-15)10-2-1-3-11(16(21)22)13(6-10)20-23/h2-6,8H,1H2,(H,18,19)(H,21,22). The lowest BCUT2D eigenvalue weighted by Crippen LogP contribution is -2.01. The van der Waals surface area contributed by atoms with Crippen LogP contribution < -0.4 is 0 Å². The molecule has 23 heavy (non-hydrogen) atoms. The molecule has 3 rings (SSSR count). The predicted molar refractivity (Wildman–Crippen MR) is 83.0 cm³/mol. The Bertz CT molecular complexity index is 957. The molecular weight excluding hydrogens is 296 g/mol. The highest BCUT2D eigenvalue weighted by Gasteiger charge is 2.18. The zero-order chi connectivity index (χ0) is 16.4. The zero-order valence-electron chi connectivity index (χ0n) is 11.8. The van der Waals surface area contributed by atoms with Gasteiger partial charge in [0.1, 0.15) is 5.70 Å². The maximum atomic E-state index is 11.2. The van der Waals surface area contributed by atoms with Gasteiger partial charge in [0.15, 0.2) is 0 Å². The molecule has 0 radical (unpaired) electrons. The van der Waals surface area contributed by atoms with Crippen molar-refractivity contribution in [1.82, 2.24) is 9.97 Å². The van der Waals surface area contributed by atoms with Gasteiger partial charge in [0.05, 0.1) is 34.6 Å². The topological polar surface area (TPSA) is 119 Å². The summed E-state index contributed by atoms with van der Waals surface area (Å²) in [5, 5.41) is 21.1. The Hall–Kier alpha value is -3.53. The summed E-state index contributed by atoms with van der Waals surface area (Å²) in [5.41, 5.74) is 2.69. The van der Waals surface area contributed by atoms with E-state index in [4.69, 9.17) is 10.4 Å². The van der Waals surface area contributed by atoms with E-state index in [0.29, 0.717) is 34.2 Å². The van der Waals surface area contributed by atoms with Crippen molar-refractivity contribution in [2.24, 2.45) is 5.18 Å². The van der Waals surface area contributed by atoms with Crippen LogP contribution in [0.25, 0.3) is 16.6 Å². The number of nitriles is 1. The molecule has 0 spiro atoms. The summed E-state index contributed by atoms with van der Waals surface area (Å²) in [6.07, 6.45) is 6.44. The number of carbonyl (C=O) groups is 1. The molecule has 0 fully saturated rings. The van der Waals surface area contributed by atoms with Gasteiger partial charge < -0.3 is 10.1 Å². The van der Waals surface area contributed by atoms with Crippen molar-refractivity contribution in [2.75, 3.05) is 0 Å². The van der Waals surface area contributed by atoms with Crippen LogP contribution in [-0.2, 0) is 4.79 Å². The van der Waals surface area contributed by atoms with Gasteiger partial charge in [-0.3, -0.25) is 0 Å². The summed E-state index contributed by atoms with van der Waals surface area (Å²) in [5.74, 6) is -1.21. The molecule has 1 aliphatic carbocycles. The molecule has 0 aliphatic heterocycles. The van der Waals surface area contributed by atoms with Gasteiger partial charge in [-0.1, -0.05) is 12.2 Å². The van der Waals surface area contributed by atoms with Crippen molar-refractivity contribution in [1.29, 1.82) is 5.26 Å². The molecule has 7 nitrogen and oxygen atoms in total. The molecule has 0 saturated carbocycles. The van der Waals surface area contributed by atoms with E-state index in [1.807, 2.05) is 0 Å². The fraction of sp³-hybridized carbons (Fsp3) is 0.0625. The van der Waals surface area contributed by atoms with Gasteiger partial charge in [-0.2, -0.15) is 5.26 Å². The molecule has 112 valence electrons. The average Bonchev–Trinajstić information content (AvgIpc) is 2.91. The van der Waals surface area contributed by atoms with Gasteiger partial charge in [-0.15, -0.1) is 4.91 Å². The van der Waals surface area contributed by atoms with Crippen LogP contribution in [0.5, 0.6) is 0 Å². The Morgan fingerprint density at radius 1 is 1.39 bits per heavy atom. The Morgan fingerprint density at radius 2 is 2.22 bits per heavy atom. The highest BCUT2D eigenvalue weighted by atomic mass is 16.4. The van der Waals surface area contributed by atoms with Crippen molar-refractivity contribution in [3.63, 3.8) is 0 Å². The summed E-state index contributed by atoms with van der Waals surface area (Å²) in [6.45, 7) is 0. The molecule has 1 heterocycles. The first-order chi connectivity index (χ1) is 11.1. The molecule has 0 unspecified atom stereocenters. The lowest BCUT2D eigenvalue weighted by molar-refractivity contribution is -0.132. The largest absolute Gasteiger partial charge is 0.478 e. The highest BCUT2D eigenvalue weighted by Crippen LogP contribution is 2.30. The van der Waals surface area contributed by atoms with E-state index in [0.717, 1.165) is 0 Å². The van der Waals surface area contributed by atoms with E-state index in [1.165, 1.54) is 18.5 Å². The first-order valence-electron chi connectivity index (χ1n) is 6.70. The molecule has 2 aromatic rings. The van der Waals surface area contributed by atoms with Gasteiger partial charge in [-0.05, 0) is 35.4 Å². The normalized spacial score (nSPS) is 14.3. The van der Waals surface area contributed by atoms with Crippen LogP contribution in [0.2, 0.25) is 0 Å². The smallest absolute Gasteiger partial charge is 0.337 e. The van der Waals surface area contributed by atoms with E-state index in [1.54, 1.807) is 18.2 Å². The van der Waals surface area contributed by atoms with Crippen LogP contribution in [0, 0.1) is 16.2 Å². The minimum absolute atomic E-state index is 0.138. The number of aromatic amines is 1. The number of H-pyrrole nitrogens is 1. The summed E-state index contributed by atoms with van der Waals surface area (Å²) in [6, 6.07) is 5.39. The second kappa shape index (κ2) is 5.69. The van der Waals surface area contributed by atoms with E-state index < -0.39 is 5.97 Å². The number of hydrogen-bond acceptors (Lipinski definition) is 5. The molecule has 0 amide bonds. The van der Waals surface area contributed by atoms with Crippen LogP contribution in [-0.4, -0.2) is 21.0 Å². The molecular formula is C16H10N4O3. The maximum Gasteiger partial charge on any atom is 0.337 e. The quantitative estimate of drug-likeness (QED) is 0.845. The molecule has 7 heteroatoms. The van der Waals surface area contributed by atoms with Crippen molar-refractivity contribution in [2.45, 2.75) is 6.42 Å². The Balaban J connectivity index is 2.20. The second-order valence-corrected chi connectivity index (χ2v) is 4.87. The number of nitroso groups, excluding NO2 is 1. The van der Waals surface area contributed by atoms with Crippen LogP contribution in [0.15, 0.2) is 53.1 Å². The summed E-state index contributed by atoms with van der Waals surface area (Å²) in [4.78, 5) is 29.4. The number of aliphatic carboxylic acids is 1. The number of aromatic nitrogens is 2. The number of hydrogen-bond donors (Lipinski definition) is 2. The van der Waals surface area contributed by atoms with Crippen LogP contribution in [0.4, 0.5) is 0 Å². The number of nitrogens with one attached hydrogen (secondary N) is 1. The van der Waals surface area contributed by atoms with Gasteiger partial charge in [0.2, 0.25) is 0 Å². The van der Waals surface area contributed by atoms with E-state index in [-0.39, 0.29) is 11.3 Å². The first kappa shape index (κ1) is 14.4. The van der Waals surface area contributed by atoms with Crippen LogP contribution in [0.3, 0.4) is 0 Å². The minimum Gasteiger partial charge on any atom is -0.478 e. The van der Waals surface area contributed by atoms with Crippen LogP contribution in [0.1, 0.15) is 17.5 Å². The van der Waals surface area contributed by atoms with Crippen molar-refractivity contribution >= 4 is 22.6 Å². The zero-order valence-corrected chi connectivity index (χ0v) is 11.8. The lowest BCUT2D eigenvalue weighted by Gasteiger charge is -2.05. The molecule has 1 aromatic carbocycles. The third-order valence-corrected chi connectivity index (χ3v) is 3.52. The van der Waals surface area contributed by atoms with Gasteiger partial charge in [0.25, 0.3) is 0 Å². The van der Waals surface area contributed by atoms with Crippen molar-refractivity contribution in [3.05, 3.63) is 64.0 Å². The number of imidazole rings is 1. The maximum absolute atomic E-state index is 11.2. The van der Waals surface area contributed by atoms with Crippen molar-refractivity contribution < 1.29 is 9.90 Å². The fourth-order valence-corrected chi connectivity index (χ4v) is 2.49. The monoisotopic (exact) mass is 306 g/mol. The second-order valence-electron chi connectivity index (χ2n) is 4.87. The Labute approximate surface area is 130 Å². The molecule has 0 atom stereocenters. The number of carboxylic acid groups (broad SMARTS) is 1. The lowest BCUT2D eigenvalue weighted by atomic mass is 10.00. The minimum atomic E-state index is -1.21. The molecule has 1 aromatic heterocycles. The van der Waals surface area contributed by atoms with Gasteiger partial charge in [0, 0.05) is 5.56 Å². The summed E-state index contributed by atoms with van der Waals surface area (Å²) < 4.78 is 0. The number of fused-ring (bicyclic) bond motifs is 1. The number of allylic oxidation sites excluding steroid dienone is 4. The third-order valence-electron chi connectivity index (χ3n) is 3.52. The Kier molecular flexibility index (Phi) is 3.57. The van der Waals surface area contributed by atoms with E-state index >= 15 is 0 Å². The van der Waals surface area contributed by atoms with Gasteiger partial charge >= 0.3 is 5.97 Å². The fourth-order valence-electron chi connectivity index (χ4n) is 2.49. The van der Waals surface area contributed by atoms with E-state index in [2.05, 4.69) is 21.2 Å². The predicted octanol–water partition coefficient (Wildman–Crippen LogP) is 2.88.